The van der Waals surface area contributed by atoms with Crippen molar-refractivity contribution in [3.8, 4) is 0 Å². The molecule has 0 aromatic rings. The van der Waals surface area contributed by atoms with Crippen LogP contribution in [-0.2, 0) is 9.53 Å². The Bertz CT molecular complexity index is 191. The fourth-order valence-corrected chi connectivity index (χ4v) is 2.13. The summed E-state index contributed by atoms with van der Waals surface area (Å²) in [6.45, 7) is 2.83. The van der Waals surface area contributed by atoms with E-state index in [1.165, 1.54) is 0 Å². The van der Waals surface area contributed by atoms with Crippen LogP contribution in [0.4, 0.5) is 0 Å². The lowest BCUT2D eigenvalue weighted by molar-refractivity contribution is -0.148. The first-order valence-electron chi connectivity index (χ1n) is 6.10. The van der Waals surface area contributed by atoms with Crippen molar-refractivity contribution < 1.29 is 14.6 Å². The van der Waals surface area contributed by atoms with Crippen LogP contribution >= 0.6 is 0 Å². The summed E-state index contributed by atoms with van der Waals surface area (Å²) in [5, 5.41) is 9.11. The van der Waals surface area contributed by atoms with Crippen LogP contribution < -0.4 is 0 Å². The van der Waals surface area contributed by atoms with Crippen LogP contribution in [0.1, 0.15) is 51.9 Å². The lowest BCUT2D eigenvalue weighted by Gasteiger charge is -2.21. The van der Waals surface area contributed by atoms with E-state index in [4.69, 9.17) is 9.84 Å². The molecule has 1 saturated carbocycles. The average Bonchev–Trinajstić information content (AvgIpc) is 2.43. The number of rotatable bonds is 5. The Hall–Kier alpha value is -0.570. The summed E-state index contributed by atoms with van der Waals surface area (Å²) < 4.78 is 5.70. The van der Waals surface area contributed by atoms with Gasteiger partial charge in [0.25, 0.3) is 0 Å². The Balaban J connectivity index is 2.43. The maximum Gasteiger partial charge on any atom is 0.309 e. The number of unbranched alkanes of at least 4 members (excludes halogenated alkanes) is 1. The van der Waals surface area contributed by atoms with Gasteiger partial charge in [-0.3, -0.25) is 4.79 Å². The molecule has 88 valence electrons. The average molecular weight is 214 g/mol. The summed E-state index contributed by atoms with van der Waals surface area (Å²) in [5.41, 5.74) is 0. The van der Waals surface area contributed by atoms with E-state index in [0.717, 1.165) is 44.9 Å². The number of carboxylic acids is 1. The summed E-state index contributed by atoms with van der Waals surface area (Å²) in [7, 11) is 0. The first kappa shape index (κ1) is 12.5. The van der Waals surface area contributed by atoms with Gasteiger partial charge in [0, 0.05) is 6.61 Å². The van der Waals surface area contributed by atoms with Crippen molar-refractivity contribution in [2.24, 2.45) is 5.92 Å². The second kappa shape index (κ2) is 6.83. The molecule has 0 aromatic carbocycles. The number of ether oxygens (including phenoxy) is 1. The van der Waals surface area contributed by atoms with Crippen LogP contribution in [0.2, 0.25) is 0 Å². The van der Waals surface area contributed by atoms with Crippen LogP contribution in [-0.4, -0.2) is 23.8 Å². The number of carboxylic acid groups (broad SMARTS) is 1. The van der Waals surface area contributed by atoms with Gasteiger partial charge in [-0.25, -0.2) is 0 Å². The van der Waals surface area contributed by atoms with Crippen LogP contribution in [0.15, 0.2) is 0 Å². The molecule has 0 heterocycles. The third kappa shape index (κ3) is 4.20. The Morgan fingerprint density at radius 1 is 1.33 bits per heavy atom. The molecule has 1 N–H and O–H groups in total. The second-order valence-electron chi connectivity index (χ2n) is 4.35. The Morgan fingerprint density at radius 3 is 2.73 bits per heavy atom. The molecule has 0 saturated heterocycles. The van der Waals surface area contributed by atoms with Crippen molar-refractivity contribution in [1.82, 2.24) is 0 Å². The highest BCUT2D eigenvalue weighted by molar-refractivity contribution is 5.70. The van der Waals surface area contributed by atoms with Gasteiger partial charge in [0.2, 0.25) is 0 Å². The predicted octanol–water partition coefficient (Wildman–Crippen LogP) is 2.84. The second-order valence-corrected chi connectivity index (χ2v) is 4.35. The molecule has 1 rings (SSSR count). The number of hydrogen-bond acceptors (Lipinski definition) is 2. The molecular weight excluding hydrogens is 192 g/mol. The van der Waals surface area contributed by atoms with E-state index in [9.17, 15) is 4.79 Å². The van der Waals surface area contributed by atoms with Crippen LogP contribution in [0.3, 0.4) is 0 Å². The molecule has 1 fully saturated rings. The minimum atomic E-state index is -0.682. The summed E-state index contributed by atoms with van der Waals surface area (Å²) >= 11 is 0. The van der Waals surface area contributed by atoms with Crippen LogP contribution in [0, 0.1) is 5.92 Å². The zero-order valence-corrected chi connectivity index (χ0v) is 9.58. The Labute approximate surface area is 91.8 Å². The van der Waals surface area contributed by atoms with Crippen molar-refractivity contribution in [2.45, 2.75) is 58.0 Å². The van der Waals surface area contributed by atoms with Crippen molar-refractivity contribution in [3.63, 3.8) is 0 Å². The number of hydrogen-bond donors (Lipinski definition) is 1. The van der Waals surface area contributed by atoms with Crippen LogP contribution in [0.5, 0.6) is 0 Å². The first-order valence-corrected chi connectivity index (χ1v) is 6.10. The summed E-state index contributed by atoms with van der Waals surface area (Å²) in [4.78, 5) is 11.1. The zero-order chi connectivity index (χ0) is 11.1. The molecule has 3 heteroatoms. The molecule has 2 atom stereocenters. The van der Waals surface area contributed by atoms with Gasteiger partial charge in [0.15, 0.2) is 0 Å². The number of aliphatic carboxylic acids is 1. The van der Waals surface area contributed by atoms with Gasteiger partial charge < -0.3 is 9.84 Å². The highest BCUT2D eigenvalue weighted by atomic mass is 16.5. The first-order chi connectivity index (χ1) is 7.25. The van der Waals surface area contributed by atoms with Gasteiger partial charge in [-0.05, 0) is 19.3 Å². The lowest BCUT2D eigenvalue weighted by atomic mass is 9.97. The predicted molar refractivity (Wildman–Crippen MR) is 58.9 cm³/mol. The van der Waals surface area contributed by atoms with Crippen molar-refractivity contribution in [2.75, 3.05) is 6.61 Å². The quantitative estimate of drug-likeness (QED) is 0.565. The summed E-state index contributed by atoms with van der Waals surface area (Å²) in [5.74, 6) is -0.956. The molecule has 0 radical (unpaired) electrons. The van der Waals surface area contributed by atoms with Crippen molar-refractivity contribution in [3.05, 3.63) is 0 Å². The van der Waals surface area contributed by atoms with E-state index in [0.29, 0.717) is 6.61 Å². The molecule has 0 spiro atoms. The van der Waals surface area contributed by atoms with E-state index in [1.807, 2.05) is 0 Å². The Kier molecular flexibility index (Phi) is 5.69. The van der Waals surface area contributed by atoms with Gasteiger partial charge in [0.05, 0.1) is 12.0 Å². The van der Waals surface area contributed by atoms with E-state index >= 15 is 0 Å². The topological polar surface area (TPSA) is 46.5 Å². The van der Waals surface area contributed by atoms with Gasteiger partial charge in [-0.2, -0.15) is 0 Å². The minimum Gasteiger partial charge on any atom is -0.481 e. The van der Waals surface area contributed by atoms with E-state index in [-0.39, 0.29) is 12.0 Å². The molecule has 0 aromatic heterocycles. The van der Waals surface area contributed by atoms with Gasteiger partial charge in [-0.1, -0.05) is 32.6 Å². The smallest absolute Gasteiger partial charge is 0.309 e. The number of carbonyl (C=O) groups is 1. The van der Waals surface area contributed by atoms with Gasteiger partial charge >= 0.3 is 5.97 Å². The highest BCUT2D eigenvalue weighted by Gasteiger charge is 2.29. The van der Waals surface area contributed by atoms with Crippen LogP contribution in [0.25, 0.3) is 0 Å². The molecule has 1 aliphatic rings. The molecule has 0 aliphatic heterocycles. The lowest BCUT2D eigenvalue weighted by Crippen LogP contribution is -2.30. The van der Waals surface area contributed by atoms with Crippen molar-refractivity contribution >= 4 is 5.97 Å². The maximum absolute atomic E-state index is 11.1. The zero-order valence-electron chi connectivity index (χ0n) is 9.58. The largest absolute Gasteiger partial charge is 0.481 e. The molecular formula is C12H22O3. The van der Waals surface area contributed by atoms with Crippen molar-refractivity contribution in [1.29, 1.82) is 0 Å². The fourth-order valence-electron chi connectivity index (χ4n) is 2.13. The fraction of sp³-hybridized carbons (Fsp3) is 0.917. The van der Waals surface area contributed by atoms with E-state index in [2.05, 4.69) is 6.92 Å². The molecule has 1 aliphatic carbocycles. The molecule has 0 amide bonds. The van der Waals surface area contributed by atoms with Gasteiger partial charge in [-0.15, -0.1) is 0 Å². The monoisotopic (exact) mass is 214 g/mol. The summed E-state index contributed by atoms with van der Waals surface area (Å²) in [6, 6.07) is 0. The standard InChI is InChI=1S/C12H22O3/c1-2-3-9-15-11-8-6-4-5-7-10(11)12(13)14/h10-11H,2-9H2,1H3,(H,13,14). The minimum absolute atomic E-state index is 0.0449. The van der Waals surface area contributed by atoms with Gasteiger partial charge in [0.1, 0.15) is 0 Å². The third-order valence-corrected chi connectivity index (χ3v) is 3.10. The highest BCUT2D eigenvalue weighted by Crippen LogP contribution is 2.26. The molecule has 2 unspecified atom stereocenters. The van der Waals surface area contributed by atoms with E-state index < -0.39 is 5.97 Å². The summed E-state index contributed by atoms with van der Waals surface area (Å²) in [6.07, 6.45) is 7.08. The maximum atomic E-state index is 11.1. The Morgan fingerprint density at radius 2 is 2.07 bits per heavy atom. The van der Waals surface area contributed by atoms with E-state index in [1.54, 1.807) is 0 Å². The normalized spacial score (nSPS) is 27.3. The third-order valence-electron chi connectivity index (χ3n) is 3.10. The molecule has 15 heavy (non-hydrogen) atoms. The molecule has 0 bridgehead atoms. The molecule has 3 nitrogen and oxygen atoms in total. The SMILES string of the molecule is CCCCOC1CCCCCC1C(=O)O.